The molecule has 2 aliphatic carbocycles. The SMILES string of the molecule is COCCCCC(O)(c1ccccc1OC1CCCC1)C1CCCN(C(=O)C2CC(N)C(O)C2)C1. The van der Waals surface area contributed by atoms with Crippen molar-refractivity contribution in [2.75, 3.05) is 26.8 Å². The quantitative estimate of drug-likeness (QED) is 0.436. The number of hydrogen-bond donors (Lipinski definition) is 3. The van der Waals surface area contributed by atoms with Crippen LogP contribution in [-0.4, -0.2) is 66.1 Å². The van der Waals surface area contributed by atoms with Crippen LogP contribution in [0.5, 0.6) is 5.75 Å². The maximum absolute atomic E-state index is 13.3. The Morgan fingerprint density at radius 3 is 2.63 bits per heavy atom. The van der Waals surface area contributed by atoms with Crippen LogP contribution >= 0.6 is 0 Å². The zero-order valence-corrected chi connectivity index (χ0v) is 21.2. The lowest BCUT2D eigenvalue weighted by molar-refractivity contribution is -0.141. The Hall–Kier alpha value is -1.67. The number of benzene rings is 1. The molecule has 0 radical (unpaired) electrons. The topological polar surface area (TPSA) is 105 Å². The van der Waals surface area contributed by atoms with Crippen molar-refractivity contribution in [3.8, 4) is 5.75 Å². The standard InChI is InChI=1S/C28H44N2O5/c1-34-16-7-6-14-28(33,23-12-4-5-13-26(23)35-22-10-2-3-11-22)21-9-8-15-30(19-21)27(32)20-17-24(29)25(31)18-20/h4-5,12-13,20-22,24-25,31,33H,2-3,6-11,14-19,29H2,1H3. The first kappa shape index (κ1) is 26.4. The maximum atomic E-state index is 13.3. The van der Waals surface area contributed by atoms with Gasteiger partial charge in [-0.1, -0.05) is 18.2 Å². The molecular weight excluding hydrogens is 444 g/mol. The number of amides is 1. The molecular formula is C28H44N2O5. The first-order chi connectivity index (χ1) is 16.9. The molecule has 0 bridgehead atoms. The number of piperidine rings is 1. The highest BCUT2D eigenvalue weighted by Gasteiger charge is 2.45. The van der Waals surface area contributed by atoms with Crippen molar-refractivity contribution < 1.29 is 24.5 Å². The number of methoxy groups -OCH3 is 1. The summed E-state index contributed by atoms with van der Waals surface area (Å²) in [6, 6.07) is 7.62. The fourth-order valence-corrected chi connectivity index (χ4v) is 6.39. The highest BCUT2D eigenvalue weighted by Crippen LogP contribution is 2.44. The van der Waals surface area contributed by atoms with Crippen LogP contribution in [0, 0.1) is 11.8 Å². The van der Waals surface area contributed by atoms with Crippen LogP contribution in [0.4, 0.5) is 0 Å². The smallest absolute Gasteiger partial charge is 0.225 e. The van der Waals surface area contributed by atoms with E-state index in [0.29, 0.717) is 39.0 Å². The van der Waals surface area contributed by atoms with Crippen molar-refractivity contribution in [3.63, 3.8) is 0 Å². The minimum atomic E-state index is -1.09. The first-order valence-electron chi connectivity index (χ1n) is 13.6. The second-order valence-electron chi connectivity index (χ2n) is 10.9. The molecule has 3 fully saturated rings. The van der Waals surface area contributed by atoms with Crippen LogP contribution in [0.3, 0.4) is 0 Å². The van der Waals surface area contributed by atoms with E-state index in [0.717, 1.165) is 49.8 Å². The van der Waals surface area contributed by atoms with Gasteiger partial charge in [0.05, 0.1) is 17.8 Å². The van der Waals surface area contributed by atoms with Gasteiger partial charge in [0.2, 0.25) is 5.91 Å². The summed E-state index contributed by atoms with van der Waals surface area (Å²) in [6.45, 7) is 1.87. The summed E-state index contributed by atoms with van der Waals surface area (Å²) in [7, 11) is 1.70. The number of aliphatic hydroxyl groups excluding tert-OH is 1. The zero-order valence-electron chi connectivity index (χ0n) is 21.2. The Morgan fingerprint density at radius 1 is 1.14 bits per heavy atom. The van der Waals surface area contributed by atoms with Gasteiger partial charge in [0.1, 0.15) is 5.75 Å². The number of carbonyl (C=O) groups is 1. The summed E-state index contributed by atoms with van der Waals surface area (Å²) in [4.78, 5) is 15.2. The average Bonchev–Trinajstić information content (AvgIpc) is 3.51. The molecule has 7 nitrogen and oxygen atoms in total. The summed E-state index contributed by atoms with van der Waals surface area (Å²) in [6.07, 6.45) is 9.05. The number of carbonyl (C=O) groups excluding carboxylic acids is 1. The Labute approximate surface area is 210 Å². The van der Waals surface area contributed by atoms with E-state index < -0.39 is 11.7 Å². The lowest BCUT2D eigenvalue weighted by atomic mass is 9.73. The molecule has 3 aliphatic rings. The minimum Gasteiger partial charge on any atom is -0.490 e. The minimum absolute atomic E-state index is 0.0684. The molecule has 5 atom stereocenters. The molecule has 196 valence electrons. The third-order valence-corrected chi connectivity index (χ3v) is 8.44. The number of ether oxygens (including phenoxy) is 2. The van der Waals surface area contributed by atoms with Gasteiger partial charge in [0.15, 0.2) is 0 Å². The number of aliphatic hydroxyl groups is 2. The van der Waals surface area contributed by atoms with Gasteiger partial charge in [-0.25, -0.2) is 0 Å². The van der Waals surface area contributed by atoms with E-state index in [2.05, 4.69) is 0 Å². The summed E-state index contributed by atoms with van der Waals surface area (Å²) in [5, 5.41) is 22.5. The Morgan fingerprint density at radius 2 is 1.91 bits per heavy atom. The van der Waals surface area contributed by atoms with E-state index in [1.165, 1.54) is 12.8 Å². The van der Waals surface area contributed by atoms with Crippen LogP contribution in [0.2, 0.25) is 0 Å². The van der Waals surface area contributed by atoms with Gasteiger partial charge in [-0.3, -0.25) is 4.79 Å². The van der Waals surface area contributed by atoms with Gasteiger partial charge < -0.3 is 30.3 Å². The van der Waals surface area contributed by atoms with Gasteiger partial charge >= 0.3 is 0 Å². The van der Waals surface area contributed by atoms with Crippen molar-refractivity contribution in [1.29, 1.82) is 0 Å². The van der Waals surface area contributed by atoms with Crippen molar-refractivity contribution >= 4 is 5.91 Å². The highest BCUT2D eigenvalue weighted by atomic mass is 16.5. The number of hydrogen-bond acceptors (Lipinski definition) is 6. The number of likely N-dealkylation sites (tertiary alicyclic amines) is 1. The van der Waals surface area contributed by atoms with E-state index in [-0.39, 0.29) is 29.9 Å². The van der Waals surface area contributed by atoms with Crippen molar-refractivity contribution in [2.45, 2.75) is 94.5 Å². The number of unbranched alkanes of at least 4 members (excludes halogenated alkanes) is 1. The van der Waals surface area contributed by atoms with Gasteiger partial charge in [0, 0.05) is 50.2 Å². The van der Waals surface area contributed by atoms with E-state index >= 15 is 0 Å². The Kier molecular flexibility index (Phi) is 9.08. The second-order valence-corrected chi connectivity index (χ2v) is 10.9. The fourth-order valence-electron chi connectivity index (χ4n) is 6.39. The van der Waals surface area contributed by atoms with Gasteiger partial charge in [-0.15, -0.1) is 0 Å². The van der Waals surface area contributed by atoms with E-state index in [4.69, 9.17) is 15.2 Å². The molecule has 5 unspecified atom stereocenters. The van der Waals surface area contributed by atoms with Crippen molar-refractivity contribution in [2.24, 2.45) is 17.6 Å². The van der Waals surface area contributed by atoms with Crippen LogP contribution < -0.4 is 10.5 Å². The van der Waals surface area contributed by atoms with Crippen LogP contribution in [0.15, 0.2) is 24.3 Å². The number of rotatable bonds is 10. The first-order valence-corrected chi connectivity index (χ1v) is 13.6. The average molecular weight is 489 g/mol. The Bertz CT molecular complexity index is 819. The molecule has 1 heterocycles. The molecule has 35 heavy (non-hydrogen) atoms. The second kappa shape index (κ2) is 12.0. The van der Waals surface area contributed by atoms with Crippen LogP contribution in [-0.2, 0) is 15.1 Å². The molecule has 4 N–H and O–H groups in total. The van der Waals surface area contributed by atoms with Crippen LogP contribution in [0.1, 0.15) is 76.2 Å². The lowest BCUT2D eigenvalue weighted by Gasteiger charge is -2.44. The summed E-state index contributed by atoms with van der Waals surface area (Å²) in [5.74, 6) is 0.531. The van der Waals surface area contributed by atoms with Gasteiger partial charge in [0.25, 0.3) is 0 Å². The Balaban J connectivity index is 1.55. The van der Waals surface area contributed by atoms with E-state index in [1.807, 2.05) is 29.2 Å². The molecule has 1 amide bonds. The summed E-state index contributed by atoms with van der Waals surface area (Å²) >= 11 is 0. The highest BCUT2D eigenvalue weighted by molar-refractivity contribution is 5.79. The molecule has 7 heteroatoms. The molecule has 1 aliphatic heterocycles. The normalized spacial score (nSPS) is 29.3. The number of nitrogens with two attached hydrogens (primary N) is 1. The maximum Gasteiger partial charge on any atom is 0.225 e. The van der Waals surface area contributed by atoms with E-state index in [1.54, 1.807) is 7.11 Å². The van der Waals surface area contributed by atoms with Crippen molar-refractivity contribution in [3.05, 3.63) is 29.8 Å². The third kappa shape index (κ3) is 6.19. The number of para-hydroxylation sites is 1. The summed E-state index contributed by atoms with van der Waals surface area (Å²) in [5.41, 5.74) is 5.75. The van der Waals surface area contributed by atoms with Gasteiger partial charge in [-0.05, 0) is 76.7 Å². The molecule has 2 saturated carbocycles. The molecule has 1 saturated heterocycles. The predicted octanol–water partition coefficient (Wildman–Crippen LogP) is 3.35. The monoisotopic (exact) mass is 488 g/mol. The molecule has 4 rings (SSSR count). The zero-order chi connectivity index (χ0) is 24.8. The molecule has 1 aromatic carbocycles. The molecule has 1 aromatic rings. The third-order valence-electron chi connectivity index (χ3n) is 8.44. The van der Waals surface area contributed by atoms with Crippen molar-refractivity contribution in [1.82, 2.24) is 4.90 Å². The molecule has 0 aromatic heterocycles. The van der Waals surface area contributed by atoms with Crippen LogP contribution in [0.25, 0.3) is 0 Å². The van der Waals surface area contributed by atoms with E-state index in [9.17, 15) is 15.0 Å². The van der Waals surface area contributed by atoms with Gasteiger partial charge in [-0.2, -0.15) is 0 Å². The lowest BCUT2D eigenvalue weighted by Crippen LogP contribution is -2.49. The largest absolute Gasteiger partial charge is 0.490 e. The summed E-state index contributed by atoms with van der Waals surface area (Å²) < 4.78 is 11.7. The fraction of sp³-hybridized carbons (Fsp3) is 0.750. The molecule has 0 spiro atoms. The number of nitrogens with zero attached hydrogens (tertiary/aromatic N) is 1. The predicted molar refractivity (Wildman–Crippen MR) is 135 cm³/mol.